The monoisotopic (exact) mass is 199 g/mol. The predicted octanol–water partition coefficient (Wildman–Crippen LogP) is 0.00460. The molecule has 14 heavy (non-hydrogen) atoms. The molecule has 4 nitrogen and oxygen atoms in total. The van der Waals surface area contributed by atoms with E-state index < -0.39 is 12.1 Å². The van der Waals surface area contributed by atoms with E-state index >= 15 is 0 Å². The van der Waals surface area contributed by atoms with Crippen molar-refractivity contribution in [1.29, 1.82) is 0 Å². The molecule has 0 aromatic carbocycles. The second-order valence-electron chi connectivity index (χ2n) is 4.06. The number of aliphatic hydroxyl groups excluding tert-OH is 1. The summed E-state index contributed by atoms with van der Waals surface area (Å²) in [6.07, 6.45) is 1.50. The van der Waals surface area contributed by atoms with E-state index in [0.29, 0.717) is 12.5 Å². The summed E-state index contributed by atoms with van der Waals surface area (Å²) in [5.41, 5.74) is 0. The molecule has 3 rings (SSSR count). The van der Waals surface area contributed by atoms with Crippen molar-refractivity contribution in [2.75, 3.05) is 19.7 Å². The smallest absolute Gasteiger partial charge is 0.326 e. The van der Waals surface area contributed by atoms with E-state index in [2.05, 4.69) is 0 Å². The predicted molar refractivity (Wildman–Crippen MR) is 50.7 cm³/mol. The van der Waals surface area contributed by atoms with Gasteiger partial charge in [0.1, 0.15) is 6.04 Å². The van der Waals surface area contributed by atoms with E-state index in [9.17, 15) is 9.90 Å². The van der Waals surface area contributed by atoms with Crippen LogP contribution in [0.3, 0.4) is 0 Å². The summed E-state index contributed by atoms with van der Waals surface area (Å²) in [5.74, 6) is 0.0406. The summed E-state index contributed by atoms with van der Waals surface area (Å²) in [6.45, 7) is 4.03. The molecule has 3 aliphatic rings. The van der Waals surface area contributed by atoms with Crippen molar-refractivity contribution in [2.24, 2.45) is 5.92 Å². The van der Waals surface area contributed by atoms with Gasteiger partial charge in [0.05, 0.1) is 12.7 Å². The highest BCUT2D eigenvalue weighted by atomic mass is 16.5. The summed E-state index contributed by atoms with van der Waals surface area (Å²) in [6, 6.07) is -0.401. The maximum atomic E-state index is 11.6. The molecule has 2 bridgehead atoms. The van der Waals surface area contributed by atoms with E-state index in [0.717, 1.165) is 25.9 Å². The molecular formula is C10H17NO3. The van der Waals surface area contributed by atoms with Crippen molar-refractivity contribution in [2.45, 2.75) is 31.9 Å². The van der Waals surface area contributed by atoms with Gasteiger partial charge in [-0.25, -0.2) is 0 Å². The van der Waals surface area contributed by atoms with Gasteiger partial charge in [0.15, 0.2) is 0 Å². The van der Waals surface area contributed by atoms with Gasteiger partial charge in [0.2, 0.25) is 0 Å². The van der Waals surface area contributed by atoms with Crippen molar-refractivity contribution in [3.05, 3.63) is 0 Å². The molecule has 2 atom stereocenters. The molecule has 0 amide bonds. The van der Waals surface area contributed by atoms with Crippen molar-refractivity contribution in [1.82, 2.24) is 4.90 Å². The minimum atomic E-state index is -0.517. The van der Waals surface area contributed by atoms with Gasteiger partial charge >= 0.3 is 5.97 Å². The Hall–Kier alpha value is -0.610. The Kier molecular flexibility index (Phi) is 2.74. The number of aliphatic hydroxyl groups is 1. The first-order valence-electron chi connectivity index (χ1n) is 5.32. The first kappa shape index (κ1) is 9.93. The molecule has 0 aliphatic carbocycles. The molecular weight excluding hydrogens is 182 g/mol. The number of nitrogens with zero attached hydrogens (tertiary/aromatic N) is 1. The Labute approximate surface area is 83.8 Å². The molecule has 0 aromatic rings. The zero-order chi connectivity index (χ0) is 10.1. The van der Waals surface area contributed by atoms with E-state index in [4.69, 9.17) is 4.74 Å². The lowest BCUT2D eigenvalue weighted by Gasteiger charge is -2.47. The number of piperidine rings is 3. The molecule has 0 aromatic heterocycles. The number of fused-ring (bicyclic) bond motifs is 3. The Morgan fingerprint density at radius 1 is 1.50 bits per heavy atom. The number of carbonyl (C=O) groups is 1. The topological polar surface area (TPSA) is 49.8 Å². The Bertz CT molecular complexity index is 221. The molecule has 0 radical (unpaired) electrons. The maximum Gasteiger partial charge on any atom is 0.326 e. The van der Waals surface area contributed by atoms with Crippen LogP contribution in [0.15, 0.2) is 0 Å². The van der Waals surface area contributed by atoms with Gasteiger partial charge in [0, 0.05) is 0 Å². The first-order chi connectivity index (χ1) is 6.74. The highest BCUT2D eigenvalue weighted by Gasteiger charge is 2.45. The zero-order valence-corrected chi connectivity index (χ0v) is 8.48. The van der Waals surface area contributed by atoms with Gasteiger partial charge in [-0.15, -0.1) is 0 Å². The van der Waals surface area contributed by atoms with Crippen LogP contribution in [-0.4, -0.2) is 47.8 Å². The summed E-state index contributed by atoms with van der Waals surface area (Å²) < 4.78 is 4.96. The molecule has 3 saturated heterocycles. The third-order valence-electron chi connectivity index (χ3n) is 3.30. The van der Waals surface area contributed by atoms with E-state index in [1.165, 1.54) is 0 Å². The number of hydrogen-bond acceptors (Lipinski definition) is 4. The average molecular weight is 199 g/mol. The van der Waals surface area contributed by atoms with E-state index in [-0.39, 0.29) is 5.97 Å². The molecule has 80 valence electrons. The standard InChI is InChI=1S/C10H17NO3/c1-2-14-10(13)8-9(12)7-3-5-11(8)6-4-7/h7-9,12H,2-6H2,1H3/t8-,9+/m0/s1. The number of ether oxygens (including phenoxy) is 1. The second-order valence-corrected chi connectivity index (χ2v) is 4.06. The Morgan fingerprint density at radius 3 is 2.64 bits per heavy atom. The van der Waals surface area contributed by atoms with Crippen LogP contribution in [0.5, 0.6) is 0 Å². The molecule has 1 N–H and O–H groups in total. The Morgan fingerprint density at radius 2 is 2.14 bits per heavy atom. The molecule has 0 spiro atoms. The lowest BCUT2D eigenvalue weighted by atomic mass is 9.80. The molecule has 0 saturated carbocycles. The Balaban J connectivity index is 2.06. The highest BCUT2D eigenvalue weighted by molar-refractivity contribution is 5.77. The van der Waals surface area contributed by atoms with Crippen LogP contribution in [0.2, 0.25) is 0 Å². The van der Waals surface area contributed by atoms with Gasteiger partial charge < -0.3 is 9.84 Å². The third-order valence-corrected chi connectivity index (χ3v) is 3.30. The number of esters is 1. The quantitative estimate of drug-likeness (QED) is 0.636. The van der Waals surface area contributed by atoms with Crippen LogP contribution in [0.25, 0.3) is 0 Å². The fraction of sp³-hybridized carbons (Fsp3) is 0.900. The first-order valence-corrected chi connectivity index (χ1v) is 5.32. The van der Waals surface area contributed by atoms with E-state index in [1.807, 2.05) is 4.90 Å². The van der Waals surface area contributed by atoms with Crippen LogP contribution in [0.1, 0.15) is 19.8 Å². The van der Waals surface area contributed by atoms with Crippen molar-refractivity contribution in [3.63, 3.8) is 0 Å². The van der Waals surface area contributed by atoms with Gasteiger partial charge in [0.25, 0.3) is 0 Å². The van der Waals surface area contributed by atoms with Gasteiger partial charge in [-0.1, -0.05) is 0 Å². The number of carbonyl (C=O) groups excluding carboxylic acids is 1. The minimum Gasteiger partial charge on any atom is -0.465 e. The number of rotatable bonds is 2. The third kappa shape index (κ3) is 1.53. The van der Waals surface area contributed by atoms with E-state index in [1.54, 1.807) is 6.92 Å². The van der Waals surface area contributed by atoms with Crippen molar-refractivity contribution in [3.8, 4) is 0 Å². The molecule has 3 heterocycles. The average Bonchev–Trinajstić information content (AvgIpc) is 2.19. The SMILES string of the molecule is CCOC(=O)[C@@H]1[C@H](O)C2CCN1CC2. The summed E-state index contributed by atoms with van der Waals surface area (Å²) >= 11 is 0. The van der Waals surface area contributed by atoms with Crippen LogP contribution in [-0.2, 0) is 9.53 Å². The maximum absolute atomic E-state index is 11.6. The zero-order valence-electron chi connectivity index (χ0n) is 8.48. The molecule has 0 unspecified atom stereocenters. The largest absolute Gasteiger partial charge is 0.465 e. The fourth-order valence-electron chi connectivity index (χ4n) is 2.53. The van der Waals surface area contributed by atoms with Crippen LogP contribution < -0.4 is 0 Å². The lowest BCUT2D eigenvalue weighted by molar-refractivity contribution is -0.164. The van der Waals surface area contributed by atoms with Crippen LogP contribution in [0, 0.1) is 5.92 Å². The number of hydrogen-bond donors (Lipinski definition) is 1. The normalized spacial score (nSPS) is 41.0. The van der Waals surface area contributed by atoms with Crippen LogP contribution >= 0.6 is 0 Å². The summed E-state index contributed by atoms with van der Waals surface area (Å²) in [5, 5.41) is 9.91. The second kappa shape index (κ2) is 3.87. The summed E-state index contributed by atoms with van der Waals surface area (Å²) in [7, 11) is 0. The van der Waals surface area contributed by atoms with Crippen molar-refractivity contribution < 1.29 is 14.6 Å². The van der Waals surface area contributed by atoms with Gasteiger partial charge in [-0.3, -0.25) is 9.69 Å². The lowest BCUT2D eigenvalue weighted by Crippen LogP contribution is -2.61. The van der Waals surface area contributed by atoms with Gasteiger partial charge in [-0.2, -0.15) is 0 Å². The fourth-order valence-corrected chi connectivity index (χ4v) is 2.53. The molecule has 4 heteroatoms. The van der Waals surface area contributed by atoms with Crippen LogP contribution in [0.4, 0.5) is 0 Å². The highest BCUT2D eigenvalue weighted by Crippen LogP contribution is 2.32. The molecule has 3 aliphatic heterocycles. The van der Waals surface area contributed by atoms with Crippen molar-refractivity contribution >= 4 is 5.97 Å². The van der Waals surface area contributed by atoms with Gasteiger partial charge in [-0.05, 0) is 38.8 Å². The minimum absolute atomic E-state index is 0.260. The molecule has 3 fully saturated rings. The summed E-state index contributed by atoms with van der Waals surface area (Å²) in [4.78, 5) is 13.6.